The zero-order valence-electron chi connectivity index (χ0n) is 26.4. The number of anilines is 2. The van der Waals surface area contributed by atoms with E-state index >= 15 is 0 Å². The Morgan fingerprint density at radius 1 is 1.04 bits per heavy atom. The number of ether oxygens (including phenoxy) is 2. The number of nitrogens with zero attached hydrogens (tertiary/aromatic N) is 5. The van der Waals surface area contributed by atoms with E-state index in [1.807, 2.05) is 0 Å². The third-order valence-electron chi connectivity index (χ3n) is 7.58. The van der Waals surface area contributed by atoms with Crippen LogP contribution in [0.25, 0.3) is 11.6 Å². The van der Waals surface area contributed by atoms with Crippen molar-refractivity contribution in [2.75, 3.05) is 18.6 Å². The summed E-state index contributed by atoms with van der Waals surface area (Å²) in [4.78, 5) is 46.3. The summed E-state index contributed by atoms with van der Waals surface area (Å²) in [6, 6.07) is 13.9. The maximum atomic E-state index is 13.9. The molecule has 1 aliphatic rings. The van der Waals surface area contributed by atoms with Crippen LogP contribution in [-0.2, 0) is 32.5 Å². The number of carbonyl (C=O) groups excluding carboxylic acids is 2. The lowest BCUT2D eigenvalue weighted by atomic mass is 9.82. The van der Waals surface area contributed by atoms with Crippen LogP contribution >= 0.6 is 0 Å². The molecular weight excluding hydrogens is 635 g/mol. The number of aliphatic carboxylic acids is 1. The van der Waals surface area contributed by atoms with E-state index < -0.39 is 47.1 Å². The van der Waals surface area contributed by atoms with E-state index in [2.05, 4.69) is 15.2 Å². The third-order valence-corrected chi connectivity index (χ3v) is 7.58. The Morgan fingerprint density at radius 3 is 2.33 bits per heavy atom. The van der Waals surface area contributed by atoms with Crippen LogP contribution in [0, 0.1) is 0 Å². The van der Waals surface area contributed by atoms with Gasteiger partial charge in [0.25, 0.3) is 5.89 Å². The van der Waals surface area contributed by atoms with Crippen molar-refractivity contribution in [2.45, 2.75) is 57.3 Å². The van der Waals surface area contributed by atoms with Gasteiger partial charge in [0.1, 0.15) is 16.8 Å². The average molecular weight is 668 g/mol. The summed E-state index contributed by atoms with van der Waals surface area (Å²) in [5.74, 6) is -1.64. The fourth-order valence-electron chi connectivity index (χ4n) is 5.34. The number of benzene rings is 2. The second-order valence-corrected chi connectivity index (χ2v) is 12.1. The molecule has 1 aliphatic heterocycles. The average Bonchev–Trinajstić information content (AvgIpc) is 3.63. The van der Waals surface area contributed by atoms with E-state index in [1.54, 1.807) is 45.0 Å². The minimum Gasteiger partial charge on any atom is -0.497 e. The summed E-state index contributed by atoms with van der Waals surface area (Å²) < 4.78 is 56.7. The topological polar surface area (TPSA) is 148 Å². The van der Waals surface area contributed by atoms with Crippen molar-refractivity contribution in [1.29, 1.82) is 0 Å². The van der Waals surface area contributed by atoms with E-state index in [9.17, 15) is 32.7 Å². The summed E-state index contributed by atoms with van der Waals surface area (Å²) in [6.07, 6.45) is -4.73. The molecule has 3 heterocycles. The van der Waals surface area contributed by atoms with Crippen LogP contribution in [0.5, 0.6) is 5.75 Å². The van der Waals surface area contributed by atoms with Gasteiger partial charge in [-0.25, -0.2) is 14.7 Å². The maximum Gasteiger partial charge on any atom is 0.419 e. The number of halogens is 3. The second kappa shape index (κ2) is 13.0. The lowest BCUT2D eigenvalue weighted by Gasteiger charge is -2.28. The fourth-order valence-corrected chi connectivity index (χ4v) is 5.34. The molecule has 0 radical (unpaired) electrons. The van der Waals surface area contributed by atoms with Crippen LogP contribution in [0.3, 0.4) is 0 Å². The number of pyridine rings is 1. The van der Waals surface area contributed by atoms with Crippen molar-refractivity contribution >= 4 is 29.3 Å². The fraction of sp³-hybridized carbons (Fsp3) is 0.333. The molecule has 2 aromatic heterocycles. The van der Waals surface area contributed by atoms with Crippen LogP contribution < -0.4 is 9.64 Å². The van der Waals surface area contributed by atoms with E-state index in [1.165, 1.54) is 30.3 Å². The SMILES string of the molecule is COc1ccc(CN2CCC(CC(=O)O)(c3nnc(-c4ncccc4N(C(=O)OC(C)(C)C)c4ccc(C(F)(F)F)cc4)o3)C2=O)cc1. The molecule has 12 nitrogen and oxygen atoms in total. The van der Waals surface area contributed by atoms with Gasteiger partial charge in [0.15, 0.2) is 5.69 Å². The van der Waals surface area contributed by atoms with Crippen molar-refractivity contribution in [3.63, 3.8) is 0 Å². The molecule has 1 N–H and O–H groups in total. The molecule has 1 saturated heterocycles. The smallest absolute Gasteiger partial charge is 0.419 e. The minimum absolute atomic E-state index is 0.0212. The van der Waals surface area contributed by atoms with Crippen LogP contribution in [0.15, 0.2) is 71.3 Å². The molecule has 0 bridgehead atoms. The highest BCUT2D eigenvalue weighted by Crippen LogP contribution is 2.42. The Hall–Kier alpha value is -5.47. The Labute approximate surface area is 273 Å². The first kappa shape index (κ1) is 33.9. The molecule has 1 unspecified atom stereocenters. The lowest BCUT2D eigenvalue weighted by molar-refractivity contribution is -0.144. The minimum atomic E-state index is -4.61. The van der Waals surface area contributed by atoms with Gasteiger partial charge in [-0.05, 0) is 81.3 Å². The highest BCUT2D eigenvalue weighted by molar-refractivity contribution is 5.99. The number of carbonyl (C=O) groups is 3. The maximum absolute atomic E-state index is 13.9. The quantitative estimate of drug-likeness (QED) is 0.213. The standard InChI is InChI=1S/C33H32F3N5O7/c1-31(2,3)48-30(45)41(22-11-9-21(10-12-22)33(34,35)36)24-6-5-16-37-26(24)27-38-39-28(47-27)32(18-25(42)43)15-17-40(29(32)44)19-20-7-13-23(46-4)14-8-20/h5-14,16H,15,17-19H2,1-4H3,(H,42,43). The molecule has 0 aliphatic carbocycles. The molecule has 5 rings (SSSR count). The molecule has 0 saturated carbocycles. The number of amides is 2. The summed E-state index contributed by atoms with van der Waals surface area (Å²) >= 11 is 0. The van der Waals surface area contributed by atoms with E-state index in [0.717, 1.165) is 34.7 Å². The molecule has 15 heteroatoms. The van der Waals surface area contributed by atoms with Crippen LogP contribution in [-0.4, -0.2) is 62.4 Å². The Balaban J connectivity index is 1.53. The Kier molecular flexibility index (Phi) is 9.15. The van der Waals surface area contributed by atoms with Crippen molar-refractivity contribution in [3.05, 3.63) is 83.9 Å². The van der Waals surface area contributed by atoms with Crippen molar-refractivity contribution < 1.29 is 46.6 Å². The van der Waals surface area contributed by atoms with Crippen molar-refractivity contribution in [2.24, 2.45) is 0 Å². The van der Waals surface area contributed by atoms with E-state index in [4.69, 9.17) is 13.9 Å². The Bertz CT molecular complexity index is 1800. The molecule has 2 amide bonds. The van der Waals surface area contributed by atoms with Gasteiger partial charge in [-0.3, -0.25) is 9.59 Å². The summed E-state index contributed by atoms with van der Waals surface area (Å²) in [5.41, 5.74) is -2.81. The van der Waals surface area contributed by atoms with Gasteiger partial charge in [-0.15, -0.1) is 10.2 Å². The number of carboxylic acids is 1. The van der Waals surface area contributed by atoms with E-state index in [0.29, 0.717) is 5.75 Å². The number of rotatable bonds is 9. The number of alkyl halides is 3. The molecule has 1 atom stereocenters. The zero-order valence-corrected chi connectivity index (χ0v) is 26.4. The number of hydrogen-bond acceptors (Lipinski definition) is 9. The predicted molar refractivity (Wildman–Crippen MR) is 164 cm³/mol. The number of aromatic nitrogens is 3. The monoisotopic (exact) mass is 667 g/mol. The van der Waals surface area contributed by atoms with Crippen molar-refractivity contribution in [3.8, 4) is 17.3 Å². The Morgan fingerprint density at radius 2 is 1.73 bits per heavy atom. The molecular formula is C33H32F3N5O7. The van der Waals surface area contributed by atoms with E-state index in [-0.39, 0.29) is 48.4 Å². The molecule has 4 aromatic rings. The normalized spacial score (nSPS) is 16.6. The first-order valence-corrected chi connectivity index (χ1v) is 14.7. The van der Waals surface area contributed by atoms with Crippen molar-refractivity contribution in [1.82, 2.24) is 20.1 Å². The highest BCUT2D eigenvalue weighted by Gasteiger charge is 2.53. The third kappa shape index (κ3) is 7.09. The van der Waals surface area contributed by atoms with Gasteiger partial charge in [0, 0.05) is 19.3 Å². The van der Waals surface area contributed by atoms with Gasteiger partial charge in [-0.1, -0.05) is 12.1 Å². The molecule has 0 spiro atoms. The van der Waals surface area contributed by atoms with Gasteiger partial charge in [0.2, 0.25) is 11.8 Å². The molecule has 1 fully saturated rings. The molecule has 2 aromatic carbocycles. The number of carboxylic acid groups (broad SMARTS) is 1. The number of methoxy groups -OCH3 is 1. The number of likely N-dealkylation sites (tertiary alicyclic amines) is 1. The van der Waals surface area contributed by atoms with Crippen LogP contribution in [0.4, 0.5) is 29.3 Å². The summed E-state index contributed by atoms with van der Waals surface area (Å²) in [5, 5.41) is 18.0. The first-order chi connectivity index (χ1) is 22.6. The highest BCUT2D eigenvalue weighted by atomic mass is 19.4. The zero-order chi connectivity index (χ0) is 34.9. The van der Waals surface area contributed by atoms with Crippen LogP contribution in [0.2, 0.25) is 0 Å². The largest absolute Gasteiger partial charge is 0.497 e. The van der Waals surface area contributed by atoms with Gasteiger partial charge in [0.05, 0.1) is 30.5 Å². The van der Waals surface area contributed by atoms with Gasteiger partial charge >= 0.3 is 18.2 Å². The first-order valence-electron chi connectivity index (χ1n) is 14.7. The number of hydrogen-bond donors (Lipinski definition) is 1. The predicted octanol–water partition coefficient (Wildman–Crippen LogP) is 6.38. The second-order valence-electron chi connectivity index (χ2n) is 12.1. The summed E-state index contributed by atoms with van der Waals surface area (Å²) in [7, 11) is 1.54. The lowest BCUT2D eigenvalue weighted by Crippen LogP contribution is -2.39. The van der Waals surface area contributed by atoms with Gasteiger partial charge in [-0.2, -0.15) is 13.2 Å². The summed E-state index contributed by atoms with van der Waals surface area (Å²) in [6.45, 7) is 5.30. The van der Waals surface area contributed by atoms with Gasteiger partial charge < -0.3 is 23.9 Å². The molecule has 252 valence electrons. The molecule has 48 heavy (non-hydrogen) atoms. The van der Waals surface area contributed by atoms with Crippen LogP contribution in [0.1, 0.15) is 50.6 Å².